The molecule has 73 heavy (non-hydrogen) atoms. The zero-order valence-electron chi connectivity index (χ0n) is 42.5. The lowest BCUT2D eigenvalue weighted by Crippen LogP contribution is -2.46. The molecule has 0 aromatic carbocycles. The Balaban J connectivity index is 1.22. The van der Waals surface area contributed by atoms with E-state index in [0.29, 0.717) is 12.2 Å². The van der Waals surface area contributed by atoms with Gasteiger partial charge in [-0.2, -0.15) is 0 Å². The minimum absolute atomic E-state index is 0.0173. The van der Waals surface area contributed by atoms with Gasteiger partial charge < -0.3 is 69.0 Å². The van der Waals surface area contributed by atoms with Crippen molar-refractivity contribution in [2.24, 2.45) is 5.41 Å². The summed E-state index contributed by atoms with van der Waals surface area (Å²) in [5.41, 5.74) is 4.10. The van der Waals surface area contributed by atoms with E-state index in [4.69, 9.17) is 10.5 Å². The zero-order chi connectivity index (χ0) is 53.9. The van der Waals surface area contributed by atoms with Gasteiger partial charge in [0.05, 0.1) is 27.4 Å². The van der Waals surface area contributed by atoms with Gasteiger partial charge in [-0.3, -0.25) is 28.1 Å². The van der Waals surface area contributed by atoms with Gasteiger partial charge in [0.1, 0.15) is 36.3 Å². The van der Waals surface area contributed by atoms with Crippen molar-refractivity contribution < 1.29 is 80.5 Å². The first-order valence-electron chi connectivity index (χ1n) is 25.5. The molecule has 1 saturated heterocycles. The maximum absolute atomic E-state index is 12.7. The van der Waals surface area contributed by atoms with E-state index in [9.17, 15) is 57.9 Å². The van der Waals surface area contributed by atoms with Gasteiger partial charge in [0, 0.05) is 37.1 Å². The normalized spacial score (nSPS) is 19.4. The van der Waals surface area contributed by atoms with Crippen LogP contribution in [0.1, 0.15) is 175 Å². The van der Waals surface area contributed by atoms with Gasteiger partial charge in [0.25, 0.3) is 15.6 Å². The van der Waals surface area contributed by atoms with Gasteiger partial charge in [0.2, 0.25) is 11.8 Å². The SMILES string of the molecule is CCCCCCCCCCCCCCCCCCCCCCCC(=O)SCCNC(=O)CCNC(=O)[C@H](O)C(C)(C)COP(=O)([O-])OP(=O)([O-])OC[C@H]1O[C@@H](n2cnc3c(N)ncnc32)[C@H](O)[C@@H]1OP(=O)([O-])[O-]. The second-order valence-corrected chi connectivity index (χ2v) is 24.2. The number of aliphatic hydroxyl groups is 2. The van der Waals surface area contributed by atoms with E-state index < -0.39 is 84.6 Å². The number of anilines is 1. The fraction of sp³-hybridized carbons (Fsp3) is 0.822. The second kappa shape index (κ2) is 33.7. The van der Waals surface area contributed by atoms with Crippen LogP contribution in [0.15, 0.2) is 12.7 Å². The van der Waals surface area contributed by atoms with Crippen molar-refractivity contribution in [2.45, 2.75) is 199 Å². The number of nitrogens with one attached hydrogen (secondary N) is 2. The van der Waals surface area contributed by atoms with Gasteiger partial charge in [0.15, 0.2) is 22.8 Å². The number of nitrogen functional groups attached to an aromatic ring is 1. The number of imidazole rings is 1. The molecule has 2 aromatic heterocycles. The third-order valence-corrected chi connectivity index (χ3v) is 16.2. The van der Waals surface area contributed by atoms with Crippen molar-refractivity contribution >= 4 is 69.1 Å². The van der Waals surface area contributed by atoms with Crippen LogP contribution in [0.4, 0.5) is 5.82 Å². The number of nitrogens with two attached hydrogens (primary N) is 1. The molecule has 3 heterocycles. The molecule has 24 nitrogen and oxygen atoms in total. The predicted octanol–water partition coefficient (Wildman–Crippen LogP) is 4.74. The minimum Gasteiger partial charge on any atom is -0.790 e. The maximum atomic E-state index is 12.7. The third kappa shape index (κ3) is 26.0. The Labute approximate surface area is 433 Å². The van der Waals surface area contributed by atoms with Crippen LogP contribution >= 0.6 is 35.2 Å². The van der Waals surface area contributed by atoms with Crippen molar-refractivity contribution in [3.05, 3.63) is 12.7 Å². The van der Waals surface area contributed by atoms with E-state index in [1.54, 1.807) is 0 Å². The summed E-state index contributed by atoms with van der Waals surface area (Å²) in [6.45, 7) is 2.45. The first-order chi connectivity index (χ1) is 34.6. The number of fused-ring (bicyclic) bond motifs is 1. The summed E-state index contributed by atoms with van der Waals surface area (Å²) in [5, 5.41) is 26.6. The van der Waals surface area contributed by atoms with Gasteiger partial charge in [-0.1, -0.05) is 161 Å². The van der Waals surface area contributed by atoms with Crippen molar-refractivity contribution in [2.75, 3.05) is 37.8 Å². The van der Waals surface area contributed by atoms with Crippen LogP contribution in [-0.4, -0.2) is 103 Å². The topological polar surface area (TPSA) is 375 Å². The van der Waals surface area contributed by atoms with Crippen LogP contribution < -0.4 is 35.9 Å². The average Bonchev–Trinajstić information content (AvgIpc) is 3.88. The number of phosphoric acid groups is 3. The summed E-state index contributed by atoms with van der Waals surface area (Å²) >= 11 is 1.15. The fourth-order valence-corrected chi connectivity index (χ4v) is 11.5. The Morgan fingerprint density at radius 1 is 0.795 bits per heavy atom. The molecule has 2 aromatic rings. The molecule has 0 radical (unpaired) electrons. The lowest BCUT2D eigenvalue weighted by atomic mass is 9.87. The van der Waals surface area contributed by atoms with Gasteiger partial charge in [-0.15, -0.1) is 0 Å². The van der Waals surface area contributed by atoms with Crippen LogP contribution in [0.25, 0.3) is 11.2 Å². The lowest BCUT2D eigenvalue weighted by molar-refractivity contribution is -0.347. The summed E-state index contributed by atoms with van der Waals surface area (Å²) in [6.07, 6.45) is 20.1. The number of nitrogens with zero attached hydrogens (tertiary/aromatic N) is 4. The van der Waals surface area contributed by atoms with E-state index >= 15 is 0 Å². The molecule has 2 unspecified atom stereocenters. The first kappa shape index (κ1) is 64.8. The number of carbonyl (C=O) groups excluding carboxylic acids is 3. The number of hydrogen-bond donors (Lipinski definition) is 5. The molecule has 2 amide bonds. The summed E-state index contributed by atoms with van der Waals surface area (Å²) in [5.74, 6) is -1.12. The molecular formula is C45H78N7O17P3S-4. The minimum atomic E-state index is -5.92. The predicted molar refractivity (Wildman–Crippen MR) is 265 cm³/mol. The molecule has 3 rings (SSSR count). The molecular weight excluding hydrogens is 1040 g/mol. The summed E-state index contributed by atoms with van der Waals surface area (Å²) in [4.78, 5) is 97.1. The van der Waals surface area contributed by atoms with E-state index in [0.717, 1.165) is 48.2 Å². The zero-order valence-corrected chi connectivity index (χ0v) is 46.0. The highest BCUT2D eigenvalue weighted by Gasteiger charge is 2.47. The molecule has 0 spiro atoms. The Morgan fingerprint density at radius 2 is 1.33 bits per heavy atom. The van der Waals surface area contributed by atoms with Crippen LogP contribution in [0.5, 0.6) is 0 Å². The number of phosphoric ester groups is 3. The Kier molecular flexibility index (Phi) is 29.9. The number of unbranched alkanes of at least 4 members (excludes halogenated alkanes) is 20. The van der Waals surface area contributed by atoms with E-state index in [2.05, 4.69) is 50.4 Å². The van der Waals surface area contributed by atoms with E-state index in [1.807, 2.05) is 0 Å². The number of aromatic nitrogens is 4. The molecule has 0 aliphatic carbocycles. The molecule has 6 N–H and O–H groups in total. The van der Waals surface area contributed by atoms with Gasteiger partial charge in [-0.25, -0.2) is 19.3 Å². The fourth-order valence-electron chi connectivity index (χ4n) is 8.05. The Hall–Kier alpha value is -2.44. The number of hydrogen-bond acceptors (Lipinski definition) is 22. The summed E-state index contributed by atoms with van der Waals surface area (Å²) < 4.78 is 60.9. The molecule has 0 bridgehead atoms. The molecule has 0 saturated carbocycles. The van der Waals surface area contributed by atoms with Gasteiger partial charge >= 0.3 is 0 Å². The largest absolute Gasteiger partial charge is 0.790 e. The second-order valence-electron chi connectivity index (χ2n) is 19.0. The van der Waals surface area contributed by atoms with Crippen LogP contribution in [0.3, 0.4) is 0 Å². The number of rotatable bonds is 41. The Morgan fingerprint density at radius 3 is 1.88 bits per heavy atom. The molecule has 1 aliphatic heterocycles. The van der Waals surface area contributed by atoms with Gasteiger partial charge in [-0.05, 0) is 6.42 Å². The molecule has 28 heteroatoms. The van der Waals surface area contributed by atoms with Crippen LogP contribution in [0, 0.1) is 5.41 Å². The van der Waals surface area contributed by atoms with Crippen LogP contribution in [0.2, 0.25) is 0 Å². The number of aliphatic hydroxyl groups excluding tert-OH is 2. The highest BCUT2D eigenvalue weighted by Crippen LogP contribution is 2.56. The summed E-state index contributed by atoms with van der Waals surface area (Å²) in [7, 11) is -17.6. The van der Waals surface area contributed by atoms with Crippen molar-refractivity contribution in [3.8, 4) is 0 Å². The monoisotopic (exact) mass is 1110 g/mol. The smallest absolute Gasteiger partial charge is 0.274 e. The average molecular weight is 1110 g/mol. The van der Waals surface area contributed by atoms with Crippen molar-refractivity contribution in [3.63, 3.8) is 0 Å². The highest BCUT2D eigenvalue weighted by molar-refractivity contribution is 8.13. The lowest BCUT2D eigenvalue weighted by Gasteiger charge is -2.36. The number of thioether (sulfide) groups is 1. The van der Waals surface area contributed by atoms with Crippen LogP contribution in [-0.2, 0) is 50.7 Å². The number of carbonyl (C=O) groups is 3. The number of ether oxygens (including phenoxy) is 1. The third-order valence-electron chi connectivity index (χ3n) is 12.2. The quantitative estimate of drug-likeness (QED) is 0.0443. The first-order valence-corrected chi connectivity index (χ1v) is 30.9. The number of amides is 2. The highest BCUT2D eigenvalue weighted by atomic mass is 32.2. The Bertz CT molecular complexity index is 2100. The molecule has 7 atom stereocenters. The molecule has 1 aliphatic rings. The summed E-state index contributed by atoms with van der Waals surface area (Å²) in [6, 6.07) is 0. The molecule has 420 valence electrons. The maximum Gasteiger partial charge on any atom is 0.274 e. The van der Waals surface area contributed by atoms with E-state index in [1.165, 1.54) is 129 Å². The molecule has 1 fully saturated rings. The standard InChI is InChI=1S/C45H82N7O17P3S/c1-4-5-6-7-8-9-10-11-12-13-14-15-16-17-18-19-20-21-22-23-24-25-36(54)73-29-28-47-35(53)26-27-48-43(57)40(56)45(2,3)31-66-72(63,64)69-71(61,62)65-30-34-39(68-70(58,59)60)38(55)44(67-34)52-33-51-37-41(46)49-32-50-42(37)52/h32-34,38-40,44,55-56H,4-31H2,1-3H3,(H,47,53)(H,48,57)(H,61,62)(H,63,64)(H2,46,49,50)(H2,58,59,60)/p-4/t34-,38-,39-,40+,44-/m1/s1. The van der Waals surface area contributed by atoms with E-state index in [-0.39, 0.29) is 41.6 Å². The van der Waals surface area contributed by atoms with Crippen molar-refractivity contribution in [1.82, 2.24) is 30.2 Å². The van der Waals surface area contributed by atoms with Crippen molar-refractivity contribution in [1.29, 1.82) is 0 Å².